The lowest BCUT2D eigenvalue weighted by Gasteiger charge is -2.11. The smallest absolute Gasteiger partial charge is 0.270 e. The molecule has 7 heteroatoms. The van der Waals surface area contributed by atoms with E-state index < -0.39 is 0 Å². The molecule has 0 aliphatic carbocycles. The Labute approximate surface area is 169 Å². The van der Waals surface area contributed by atoms with Crippen LogP contribution in [0, 0.1) is 0 Å². The zero-order chi connectivity index (χ0) is 20.1. The number of amides is 1. The van der Waals surface area contributed by atoms with Gasteiger partial charge >= 0.3 is 0 Å². The molecule has 4 rings (SSSR count). The van der Waals surface area contributed by atoms with Crippen molar-refractivity contribution in [2.24, 2.45) is 0 Å². The quantitative estimate of drug-likeness (QED) is 0.590. The molecule has 0 saturated carbocycles. The second-order valence-electron chi connectivity index (χ2n) is 6.63. The molecule has 2 aromatic carbocycles. The summed E-state index contributed by atoms with van der Waals surface area (Å²) in [5.74, 6) is 2.17. The Hall–Kier alpha value is -3.61. The second-order valence-corrected chi connectivity index (χ2v) is 6.63. The molecule has 3 aromatic rings. The second kappa shape index (κ2) is 8.60. The zero-order valence-corrected chi connectivity index (χ0v) is 16.1. The molecular formula is C22H22N4O3. The van der Waals surface area contributed by atoms with E-state index in [0.717, 1.165) is 24.1 Å². The normalized spacial score (nSPS) is 11.9. The van der Waals surface area contributed by atoms with Crippen molar-refractivity contribution in [3.05, 3.63) is 60.3 Å². The molecule has 0 bridgehead atoms. The number of carbonyl (C=O) groups excluding carboxylic acids is 1. The van der Waals surface area contributed by atoms with Crippen LogP contribution in [0.4, 0.5) is 11.5 Å². The highest BCUT2D eigenvalue weighted by Gasteiger charge is 2.16. The first kappa shape index (κ1) is 18.7. The first-order valence-electron chi connectivity index (χ1n) is 9.62. The molecule has 0 spiro atoms. The lowest BCUT2D eigenvalue weighted by Crippen LogP contribution is -2.25. The number of nitrogens with zero attached hydrogens (tertiary/aromatic N) is 2. The van der Waals surface area contributed by atoms with Gasteiger partial charge in [-0.05, 0) is 18.6 Å². The van der Waals surface area contributed by atoms with Crippen molar-refractivity contribution in [1.82, 2.24) is 15.3 Å². The topological polar surface area (TPSA) is 85.4 Å². The Balaban J connectivity index is 1.64. The summed E-state index contributed by atoms with van der Waals surface area (Å²) >= 11 is 0. The summed E-state index contributed by atoms with van der Waals surface area (Å²) in [6.07, 6.45) is 1.93. The number of benzene rings is 2. The van der Waals surface area contributed by atoms with Crippen molar-refractivity contribution in [2.45, 2.75) is 19.8 Å². The van der Waals surface area contributed by atoms with Gasteiger partial charge in [0, 0.05) is 29.9 Å². The van der Waals surface area contributed by atoms with E-state index in [-0.39, 0.29) is 12.7 Å². The van der Waals surface area contributed by atoms with Crippen LogP contribution in [0.1, 0.15) is 30.3 Å². The third-order valence-electron chi connectivity index (χ3n) is 4.45. The molecule has 0 saturated heterocycles. The number of carbonyl (C=O) groups is 1. The van der Waals surface area contributed by atoms with E-state index >= 15 is 0 Å². The van der Waals surface area contributed by atoms with E-state index in [1.807, 2.05) is 48.5 Å². The summed E-state index contributed by atoms with van der Waals surface area (Å²) in [6.45, 7) is 2.91. The monoisotopic (exact) mass is 390 g/mol. The molecule has 0 unspecified atom stereocenters. The van der Waals surface area contributed by atoms with Gasteiger partial charge in [0.25, 0.3) is 5.91 Å². The maximum atomic E-state index is 12.6. The van der Waals surface area contributed by atoms with Gasteiger partial charge in [-0.1, -0.05) is 43.7 Å². The molecule has 0 fully saturated rings. The van der Waals surface area contributed by atoms with Crippen molar-refractivity contribution in [1.29, 1.82) is 0 Å². The summed E-state index contributed by atoms with van der Waals surface area (Å²) in [5.41, 5.74) is 1.94. The van der Waals surface area contributed by atoms with E-state index in [1.165, 1.54) is 0 Å². The fraction of sp³-hybridized carbons (Fsp3) is 0.227. The summed E-state index contributed by atoms with van der Waals surface area (Å²) < 4.78 is 10.8. The van der Waals surface area contributed by atoms with Crippen LogP contribution < -0.4 is 20.1 Å². The standard InChI is InChI=1S/C22H22N4O3/c1-2-3-11-23-22(27)17-13-20(26-21(25-17)15-7-5-4-6-8-15)24-16-9-10-18-19(12-16)29-14-28-18/h4-10,12-13H,2-3,11,14H2,1H3,(H,23,27)(H,24,25,26). The minimum atomic E-state index is -0.216. The van der Waals surface area contributed by atoms with Crippen LogP contribution >= 0.6 is 0 Å². The van der Waals surface area contributed by atoms with Gasteiger partial charge in [-0.25, -0.2) is 9.97 Å². The van der Waals surface area contributed by atoms with Crippen molar-refractivity contribution >= 4 is 17.4 Å². The van der Waals surface area contributed by atoms with E-state index in [9.17, 15) is 4.79 Å². The Morgan fingerprint density at radius 1 is 1.03 bits per heavy atom. The average Bonchev–Trinajstić information content (AvgIpc) is 3.22. The lowest BCUT2D eigenvalue weighted by atomic mass is 10.2. The first-order valence-corrected chi connectivity index (χ1v) is 9.62. The average molecular weight is 390 g/mol. The molecule has 2 N–H and O–H groups in total. The van der Waals surface area contributed by atoms with Crippen LogP contribution in [-0.4, -0.2) is 29.2 Å². The predicted octanol–water partition coefficient (Wildman–Crippen LogP) is 4.15. The molecule has 148 valence electrons. The van der Waals surface area contributed by atoms with Crippen LogP contribution in [0.25, 0.3) is 11.4 Å². The van der Waals surface area contributed by atoms with Gasteiger partial charge in [0.05, 0.1) is 0 Å². The molecule has 0 atom stereocenters. The van der Waals surface area contributed by atoms with Gasteiger partial charge in [-0.2, -0.15) is 0 Å². The number of aromatic nitrogens is 2. The van der Waals surface area contributed by atoms with Crippen LogP contribution in [-0.2, 0) is 0 Å². The molecule has 1 aliphatic rings. The number of fused-ring (bicyclic) bond motifs is 1. The SMILES string of the molecule is CCCCNC(=O)c1cc(Nc2ccc3c(c2)OCO3)nc(-c2ccccc2)n1. The van der Waals surface area contributed by atoms with Crippen LogP contribution in [0.5, 0.6) is 11.5 Å². The number of anilines is 2. The van der Waals surface area contributed by atoms with Crippen molar-refractivity contribution in [3.8, 4) is 22.9 Å². The molecule has 1 amide bonds. The first-order chi connectivity index (χ1) is 14.2. The van der Waals surface area contributed by atoms with Crippen molar-refractivity contribution < 1.29 is 14.3 Å². The highest BCUT2D eigenvalue weighted by molar-refractivity contribution is 5.93. The lowest BCUT2D eigenvalue weighted by molar-refractivity contribution is 0.0948. The highest BCUT2D eigenvalue weighted by atomic mass is 16.7. The van der Waals surface area contributed by atoms with Gasteiger partial charge in [-0.15, -0.1) is 0 Å². The fourth-order valence-corrected chi connectivity index (χ4v) is 2.94. The summed E-state index contributed by atoms with van der Waals surface area (Å²) in [7, 11) is 0. The summed E-state index contributed by atoms with van der Waals surface area (Å²) in [4.78, 5) is 21.7. The Kier molecular flexibility index (Phi) is 5.56. The molecule has 0 radical (unpaired) electrons. The predicted molar refractivity (Wildman–Crippen MR) is 111 cm³/mol. The molecular weight excluding hydrogens is 368 g/mol. The third-order valence-corrected chi connectivity index (χ3v) is 4.45. The Bertz CT molecular complexity index is 1010. The molecule has 1 aliphatic heterocycles. The van der Waals surface area contributed by atoms with Crippen molar-refractivity contribution in [3.63, 3.8) is 0 Å². The number of hydrogen-bond acceptors (Lipinski definition) is 6. The number of ether oxygens (including phenoxy) is 2. The van der Waals surface area contributed by atoms with Gasteiger partial charge in [0.1, 0.15) is 11.5 Å². The highest BCUT2D eigenvalue weighted by Crippen LogP contribution is 2.35. The van der Waals surface area contributed by atoms with Crippen LogP contribution in [0.15, 0.2) is 54.6 Å². The number of nitrogens with one attached hydrogen (secondary N) is 2. The van der Waals surface area contributed by atoms with Gasteiger partial charge in [-0.3, -0.25) is 4.79 Å². The van der Waals surface area contributed by atoms with Crippen LogP contribution in [0.3, 0.4) is 0 Å². The molecule has 29 heavy (non-hydrogen) atoms. The number of rotatable bonds is 7. The Morgan fingerprint density at radius 3 is 2.69 bits per heavy atom. The van der Waals surface area contributed by atoms with E-state index in [4.69, 9.17) is 9.47 Å². The third kappa shape index (κ3) is 4.45. The summed E-state index contributed by atoms with van der Waals surface area (Å²) in [6, 6.07) is 16.8. The fourth-order valence-electron chi connectivity index (χ4n) is 2.94. The van der Waals surface area contributed by atoms with Crippen molar-refractivity contribution in [2.75, 3.05) is 18.7 Å². The van der Waals surface area contributed by atoms with Gasteiger partial charge in [0.15, 0.2) is 17.3 Å². The number of unbranched alkanes of at least 4 members (excludes halogenated alkanes) is 1. The van der Waals surface area contributed by atoms with Crippen LogP contribution in [0.2, 0.25) is 0 Å². The minimum Gasteiger partial charge on any atom is -0.454 e. The van der Waals surface area contributed by atoms with E-state index in [2.05, 4.69) is 27.5 Å². The maximum Gasteiger partial charge on any atom is 0.270 e. The number of hydrogen-bond donors (Lipinski definition) is 2. The zero-order valence-electron chi connectivity index (χ0n) is 16.1. The summed E-state index contributed by atoms with van der Waals surface area (Å²) in [5, 5.41) is 6.15. The van der Waals surface area contributed by atoms with Gasteiger partial charge < -0.3 is 20.1 Å². The largest absolute Gasteiger partial charge is 0.454 e. The van der Waals surface area contributed by atoms with E-state index in [1.54, 1.807) is 6.07 Å². The molecule has 7 nitrogen and oxygen atoms in total. The van der Waals surface area contributed by atoms with E-state index in [0.29, 0.717) is 35.4 Å². The molecule has 1 aromatic heterocycles. The maximum absolute atomic E-state index is 12.6. The Morgan fingerprint density at radius 2 is 1.86 bits per heavy atom. The van der Waals surface area contributed by atoms with Gasteiger partial charge in [0.2, 0.25) is 6.79 Å². The minimum absolute atomic E-state index is 0.215. The molecule has 2 heterocycles.